The summed E-state index contributed by atoms with van der Waals surface area (Å²) in [6.45, 7) is 5.27. The Balaban J connectivity index is 2.05. The fourth-order valence-electron chi connectivity index (χ4n) is 3.03. The number of carbonyl (C=O) groups is 2. The standard InChI is InChI=1S/C21H23ClN4O3/c1-3-11-25(12-4-2)21(28)15-14-23-26(17-9-6-5-8-16(17)22)19(15)24-20(27)18-10-7-13-29-18/h5-10,13-14H,3-4,11-12H2,1-2H3,(H,24,27). The van der Waals surface area contributed by atoms with Crippen molar-refractivity contribution < 1.29 is 14.0 Å². The number of hydrogen-bond donors (Lipinski definition) is 1. The third-order valence-electron chi connectivity index (χ3n) is 4.33. The summed E-state index contributed by atoms with van der Waals surface area (Å²) in [6.07, 6.45) is 4.54. The Morgan fingerprint density at radius 2 is 1.86 bits per heavy atom. The summed E-state index contributed by atoms with van der Waals surface area (Å²) in [7, 11) is 0. The van der Waals surface area contributed by atoms with Crippen LogP contribution in [0, 0.1) is 0 Å². The lowest BCUT2D eigenvalue weighted by Crippen LogP contribution is -2.33. The molecule has 8 heteroatoms. The average molecular weight is 415 g/mol. The van der Waals surface area contributed by atoms with Gasteiger partial charge < -0.3 is 14.6 Å². The summed E-state index contributed by atoms with van der Waals surface area (Å²) >= 11 is 6.33. The van der Waals surface area contributed by atoms with E-state index >= 15 is 0 Å². The lowest BCUT2D eigenvalue weighted by molar-refractivity contribution is 0.0756. The molecule has 1 aromatic carbocycles. The van der Waals surface area contributed by atoms with E-state index in [1.165, 1.54) is 17.1 Å². The van der Waals surface area contributed by atoms with Gasteiger partial charge in [0, 0.05) is 13.1 Å². The number of rotatable bonds is 8. The molecule has 0 atom stereocenters. The lowest BCUT2D eigenvalue weighted by Gasteiger charge is -2.21. The maximum absolute atomic E-state index is 13.2. The Kier molecular flexibility index (Phi) is 6.72. The van der Waals surface area contributed by atoms with Crippen molar-refractivity contribution in [2.75, 3.05) is 18.4 Å². The van der Waals surface area contributed by atoms with E-state index in [0.717, 1.165) is 12.8 Å². The molecule has 0 aliphatic carbocycles. The fourth-order valence-corrected chi connectivity index (χ4v) is 3.25. The van der Waals surface area contributed by atoms with E-state index in [1.54, 1.807) is 35.2 Å². The molecular weight excluding hydrogens is 392 g/mol. The summed E-state index contributed by atoms with van der Waals surface area (Å²) in [5.74, 6) is -0.284. The van der Waals surface area contributed by atoms with Crippen molar-refractivity contribution in [3.8, 4) is 5.69 Å². The molecule has 2 amide bonds. The van der Waals surface area contributed by atoms with Gasteiger partial charge in [-0.2, -0.15) is 5.10 Å². The van der Waals surface area contributed by atoms with E-state index in [0.29, 0.717) is 29.4 Å². The van der Waals surface area contributed by atoms with Gasteiger partial charge in [0.25, 0.3) is 11.8 Å². The number of nitrogens with one attached hydrogen (secondary N) is 1. The largest absolute Gasteiger partial charge is 0.459 e. The Labute approximate surface area is 174 Å². The second-order valence-electron chi connectivity index (χ2n) is 6.49. The Morgan fingerprint density at radius 3 is 2.48 bits per heavy atom. The average Bonchev–Trinajstić information content (AvgIpc) is 3.38. The summed E-state index contributed by atoms with van der Waals surface area (Å²) in [5.41, 5.74) is 0.854. The van der Waals surface area contributed by atoms with Crippen molar-refractivity contribution in [1.29, 1.82) is 0 Å². The van der Waals surface area contributed by atoms with Crippen LogP contribution in [-0.4, -0.2) is 39.6 Å². The number of halogens is 1. The molecule has 0 radical (unpaired) electrons. The molecule has 29 heavy (non-hydrogen) atoms. The monoisotopic (exact) mass is 414 g/mol. The first-order valence-corrected chi connectivity index (χ1v) is 9.91. The molecule has 152 valence electrons. The smallest absolute Gasteiger partial charge is 0.292 e. The zero-order valence-corrected chi connectivity index (χ0v) is 17.1. The number of anilines is 1. The van der Waals surface area contributed by atoms with Crippen molar-refractivity contribution in [3.05, 3.63) is 65.2 Å². The van der Waals surface area contributed by atoms with E-state index in [4.69, 9.17) is 16.0 Å². The van der Waals surface area contributed by atoms with Gasteiger partial charge in [0.15, 0.2) is 5.76 Å². The second kappa shape index (κ2) is 9.43. The fraction of sp³-hybridized carbons (Fsp3) is 0.286. The van der Waals surface area contributed by atoms with Gasteiger partial charge in [-0.1, -0.05) is 37.6 Å². The van der Waals surface area contributed by atoms with Crippen LogP contribution in [0.5, 0.6) is 0 Å². The first kappa shape index (κ1) is 20.7. The predicted octanol–water partition coefficient (Wildman–Crippen LogP) is 4.63. The van der Waals surface area contributed by atoms with Crippen LogP contribution in [0.2, 0.25) is 5.02 Å². The topological polar surface area (TPSA) is 80.4 Å². The Hall–Kier alpha value is -3.06. The van der Waals surface area contributed by atoms with Crippen LogP contribution in [-0.2, 0) is 0 Å². The molecule has 3 aromatic rings. The second-order valence-corrected chi connectivity index (χ2v) is 6.90. The van der Waals surface area contributed by atoms with E-state index < -0.39 is 5.91 Å². The van der Waals surface area contributed by atoms with Crippen molar-refractivity contribution in [2.24, 2.45) is 0 Å². The zero-order chi connectivity index (χ0) is 20.8. The summed E-state index contributed by atoms with van der Waals surface area (Å²) in [4.78, 5) is 27.6. The number of nitrogens with zero attached hydrogens (tertiary/aromatic N) is 3. The number of benzene rings is 1. The van der Waals surface area contributed by atoms with Crippen molar-refractivity contribution in [3.63, 3.8) is 0 Å². The van der Waals surface area contributed by atoms with Crippen LogP contribution in [0.3, 0.4) is 0 Å². The van der Waals surface area contributed by atoms with Gasteiger partial charge in [-0.15, -0.1) is 0 Å². The zero-order valence-electron chi connectivity index (χ0n) is 16.4. The minimum Gasteiger partial charge on any atom is -0.459 e. The normalized spacial score (nSPS) is 10.7. The molecular formula is C21H23ClN4O3. The number of carbonyl (C=O) groups excluding carboxylic acids is 2. The van der Waals surface area contributed by atoms with Gasteiger partial charge in [0.2, 0.25) is 0 Å². The van der Waals surface area contributed by atoms with Gasteiger partial charge in [-0.3, -0.25) is 9.59 Å². The van der Waals surface area contributed by atoms with Crippen LogP contribution in [0.15, 0.2) is 53.3 Å². The van der Waals surface area contributed by atoms with Crippen LogP contribution in [0.1, 0.15) is 47.6 Å². The summed E-state index contributed by atoms with van der Waals surface area (Å²) in [5, 5.41) is 7.56. The molecule has 0 bridgehead atoms. The minimum absolute atomic E-state index is 0.134. The molecule has 0 fully saturated rings. The summed E-state index contributed by atoms with van der Waals surface area (Å²) in [6, 6.07) is 10.3. The SMILES string of the molecule is CCCN(CCC)C(=O)c1cnn(-c2ccccc2Cl)c1NC(=O)c1ccco1. The maximum Gasteiger partial charge on any atom is 0.292 e. The summed E-state index contributed by atoms with van der Waals surface area (Å²) < 4.78 is 6.64. The molecule has 1 N–H and O–H groups in total. The molecule has 3 rings (SSSR count). The minimum atomic E-state index is -0.476. The quantitative estimate of drug-likeness (QED) is 0.582. The molecule has 0 saturated heterocycles. The van der Waals surface area contributed by atoms with Gasteiger partial charge in [-0.05, 0) is 37.1 Å². The molecule has 0 aliphatic rings. The van der Waals surface area contributed by atoms with Gasteiger partial charge in [0.05, 0.1) is 23.2 Å². The Morgan fingerprint density at radius 1 is 1.14 bits per heavy atom. The van der Waals surface area contributed by atoms with Gasteiger partial charge in [-0.25, -0.2) is 4.68 Å². The number of para-hydroxylation sites is 1. The number of aromatic nitrogens is 2. The van der Waals surface area contributed by atoms with Crippen LogP contribution < -0.4 is 5.32 Å². The molecule has 0 unspecified atom stereocenters. The molecule has 2 heterocycles. The van der Waals surface area contributed by atoms with Crippen molar-refractivity contribution >= 4 is 29.2 Å². The highest BCUT2D eigenvalue weighted by atomic mass is 35.5. The number of furan rings is 1. The van der Waals surface area contributed by atoms with E-state index in [2.05, 4.69) is 10.4 Å². The van der Waals surface area contributed by atoms with Crippen molar-refractivity contribution in [2.45, 2.75) is 26.7 Å². The molecule has 2 aromatic heterocycles. The lowest BCUT2D eigenvalue weighted by atomic mass is 10.2. The first-order chi connectivity index (χ1) is 14.1. The van der Waals surface area contributed by atoms with E-state index in [-0.39, 0.29) is 17.5 Å². The number of hydrogen-bond acceptors (Lipinski definition) is 4. The van der Waals surface area contributed by atoms with Gasteiger partial charge in [0.1, 0.15) is 11.4 Å². The molecule has 0 aliphatic heterocycles. The third kappa shape index (κ3) is 4.51. The van der Waals surface area contributed by atoms with Crippen LogP contribution in [0.25, 0.3) is 5.69 Å². The highest BCUT2D eigenvalue weighted by molar-refractivity contribution is 6.32. The first-order valence-electron chi connectivity index (χ1n) is 9.53. The number of amides is 2. The van der Waals surface area contributed by atoms with Crippen LogP contribution in [0.4, 0.5) is 5.82 Å². The molecule has 7 nitrogen and oxygen atoms in total. The van der Waals surface area contributed by atoms with E-state index in [1.807, 2.05) is 19.9 Å². The maximum atomic E-state index is 13.2. The third-order valence-corrected chi connectivity index (χ3v) is 4.65. The highest BCUT2D eigenvalue weighted by Crippen LogP contribution is 2.27. The van der Waals surface area contributed by atoms with Crippen molar-refractivity contribution in [1.82, 2.24) is 14.7 Å². The molecule has 0 saturated carbocycles. The Bertz CT molecular complexity index is 976. The highest BCUT2D eigenvalue weighted by Gasteiger charge is 2.25. The molecule has 0 spiro atoms. The van der Waals surface area contributed by atoms with E-state index in [9.17, 15) is 9.59 Å². The van der Waals surface area contributed by atoms with Gasteiger partial charge >= 0.3 is 0 Å². The predicted molar refractivity (Wildman–Crippen MR) is 112 cm³/mol. The van der Waals surface area contributed by atoms with Crippen LogP contribution >= 0.6 is 11.6 Å².